The molecule has 0 radical (unpaired) electrons. The van der Waals surface area contributed by atoms with Gasteiger partial charge in [-0.25, -0.2) is 18.7 Å². The number of hydrogen-bond acceptors (Lipinski definition) is 8. The van der Waals surface area contributed by atoms with E-state index in [2.05, 4.69) is 31.0 Å². The molecule has 42 heavy (non-hydrogen) atoms. The van der Waals surface area contributed by atoms with Crippen molar-refractivity contribution in [2.24, 2.45) is 0 Å². The van der Waals surface area contributed by atoms with E-state index >= 15 is 0 Å². The smallest absolute Gasteiger partial charge is 0.270 e. The summed E-state index contributed by atoms with van der Waals surface area (Å²) in [6.07, 6.45) is 2.13. The number of aliphatic hydroxyl groups is 1. The van der Waals surface area contributed by atoms with Gasteiger partial charge in [-0.05, 0) is 62.6 Å². The van der Waals surface area contributed by atoms with Crippen LogP contribution in [0.2, 0.25) is 0 Å². The molecule has 1 amide bonds. The molecule has 0 spiro atoms. The van der Waals surface area contributed by atoms with Gasteiger partial charge >= 0.3 is 0 Å². The average molecular weight is 577 g/mol. The van der Waals surface area contributed by atoms with Crippen molar-refractivity contribution in [3.8, 4) is 5.82 Å². The van der Waals surface area contributed by atoms with Crippen LogP contribution in [0.1, 0.15) is 46.9 Å². The molecule has 1 saturated heterocycles. The van der Waals surface area contributed by atoms with Gasteiger partial charge in [0.1, 0.15) is 18.0 Å². The minimum absolute atomic E-state index is 0.128. The predicted octanol–water partition coefficient (Wildman–Crippen LogP) is 5.39. The van der Waals surface area contributed by atoms with Gasteiger partial charge in [0.15, 0.2) is 5.82 Å². The highest BCUT2D eigenvalue weighted by Crippen LogP contribution is 2.33. The first kappa shape index (κ1) is 28.9. The Morgan fingerprint density at radius 2 is 1.81 bits per heavy atom. The second-order valence-corrected chi connectivity index (χ2v) is 10.6. The second-order valence-electron chi connectivity index (χ2n) is 10.6. The van der Waals surface area contributed by atoms with Gasteiger partial charge in [-0.3, -0.25) is 4.79 Å². The number of benzene rings is 2. The van der Waals surface area contributed by atoms with Gasteiger partial charge in [0, 0.05) is 67.4 Å². The Morgan fingerprint density at radius 3 is 2.52 bits per heavy atom. The normalized spacial score (nSPS) is 14.1. The SMILES string of the molecule is CNc1cc(-n2nc(C)cc2Nc2cc(NC(=O)c3cc(N4CCC(O)CC4)cc(C(C)(F)F)c3)ccc2C)ncn1. The summed E-state index contributed by atoms with van der Waals surface area (Å²) in [4.78, 5) is 23.8. The van der Waals surface area contributed by atoms with E-state index in [0.717, 1.165) is 23.9 Å². The van der Waals surface area contributed by atoms with Crippen LogP contribution in [-0.4, -0.2) is 57.0 Å². The molecule has 1 aliphatic heterocycles. The number of aromatic nitrogens is 4. The predicted molar refractivity (Wildman–Crippen MR) is 159 cm³/mol. The lowest BCUT2D eigenvalue weighted by Crippen LogP contribution is -2.36. The van der Waals surface area contributed by atoms with Crippen LogP contribution in [0.15, 0.2) is 54.9 Å². The molecule has 10 nitrogen and oxygen atoms in total. The number of carbonyl (C=O) groups excluding carboxylic acids is 1. The molecule has 0 unspecified atom stereocenters. The number of piperidine rings is 1. The van der Waals surface area contributed by atoms with Gasteiger partial charge in [-0.1, -0.05) is 6.07 Å². The number of halogens is 2. The molecule has 1 fully saturated rings. The van der Waals surface area contributed by atoms with E-state index in [9.17, 15) is 18.7 Å². The number of carbonyl (C=O) groups is 1. The molecule has 0 aliphatic carbocycles. The molecule has 2 aromatic carbocycles. The number of rotatable bonds is 8. The second kappa shape index (κ2) is 11.7. The molecule has 220 valence electrons. The zero-order chi connectivity index (χ0) is 30.0. The Labute approximate surface area is 242 Å². The molecule has 0 saturated carbocycles. The number of hydrogen-bond donors (Lipinski definition) is 4. The van der Waals surface area contributed by atoms with Gasteiger partial charge in [0.2, 0.25) is 0 Å². The third-order valence-corrected chi connectivity index (χ3v) is 7.23. The number of aryl methyl sites for hydroxylation is 2. The Morgan fingerprint density at radius 1 is 1.05 bits per heavy atom. The fraction of sp³-hybridized carbons (Fsp3) is 0.333. The van der Waals surface area contributed by atoms with E-state index in [4.69, 9.17) is 0 Å². The number of alkyl halides is 2. The maximum absolute atomic E-state index is 14.4. The minimum atomic E-state index is -3.13. The number of anilines is 5. The molecule has 4 aromatic rings. The van der Waals surface area contributed by atoms with Gasteiger partial charge in [0.25, 0.3) is 11.8 Å². The lowest BCUT2D eigenvalue weighted by molar-refractivity contribution is 0.0174. The molecule has 0 atom stereocenters. The molecule has 2 aromatic heterocycles. The Hall–Kier alpha value is -4.58. The summed E-state index contributed by atoms with van der Waals surface area (Å²) in [7, 11) is 1.77. The summed E-state index contributed by atoms with van der Waals surface area (Å²) in [5.41, 5.74) is 3.33. The molecule has 3 heterocycles. The van der Waals surface area contributed by atoms with Crippen molar-refractivity contribution in [3.63, 3.8) is 0 Å². The summed E-state index contributed by atoms with van der Waals surface area (Å²) in [6.45, 7) is 5.67. The zero-order valence-corrected chi connectivity index (χ0v) is 23.9. The van der Waals surface area contributed by atoms with Crippen molar-refractivity contribution in [3.05, 3.63) is 77.2 Å². The van der Waals surface area contributed by atoms with Crippen LogP contribution in [0.3, 0.4) is 0 Å². The van der Waals surface area contributed by atoms with Crippen LogP contribution in [0, 0.1) is 13.8 Å². The molecule has 5 rings (SSSR count). The Balaban J connectivity index is 1.40. The van der Waals surface area contributed by atoms with E-state index in [-0.39, 0.29) is 11.1 Å². The number of aliphatic hydroxyl groups excluding tert-OH is 1. The molecule has 4 N–H and O–H groups in total. The molecule has 1 aliphatic rings. The summed E-state index contributed by atoms with van der Waals surface area (Å²) in [5, 5.41) is 23.7. The first-order chi connectivity index (χ1) is 20.0. The van der Waals surface area contributed by atoms with E-state index in [1.807, 2.05) is 30.9 Å². The highest BCUT2D eigenvalue weighted by Gasteiger charge is 2.28. The molecule has 0 bridgehead atoms. The lowest BCUT2D eigenvalue weighted by Gasteiger charge is -2.32. The maximum atomic E-state index is 14.4. The Kier molecular flexibility index (Phi) is 8.08. The van der Waals surface area contributed by atoms with Crippen molar-refractivity contribution < 1.29 is 18.7 Å². The lowest BCUT2D eigenvalue weighted by atomic mass is 10.0. The number of nitrogens with one attached hydrogen (secondary N) is 3. The van der Waals surface area contributed by atoms with Crippen molar-refractivity contribution in [1.82, 2.24) is 19.7 Å². The van der Waals surface area contributed by atoms with Crippen LogP contribution in [-0.2, 0) is 5.92 Å². The fourth-order valence-corrected chi connectivity index (χ4v) is 4.84. The molecule has 12 heteroatoms. The topological polar surface area (TPSA) is 120 Å². The summed E-state index contributed by atoms with van der Waals surface area (Å²) < 4.78 is 30.5. The average Bonchev–Trinajstić information content (AvgIpc) is 3.34. The largest absolute Gasteiger partial charge is 0.393 e. The van der Waals surface area contributed by atoms with Gasteiger partial charge < -0.3 is 26.0 Å². The van der Waals surface area contributed by atoms with Gasteiger partial charge in [0.05, 0.1) is 11.8 Å². The summed E-state index contributed by atoms with van der Waals surface area (Å²) in [6, 6.07) is 13.3. The Bertz CT molecular complexity index is 1590. The van der Waals surface area contributed by atoms with Gasteiger partial charge in [-0.15, -0.1) is 0 Å². The molecular weight excluding hydrogens is 542 g/mol. The van der Waals surface area contributed by atoms with Crippen molar-refractivity contribution in [1.29, 1.82) is 0 Å². The molecular formula is C30H34F2N8O2. The van der Waals surface area contributed by atoms with Gasteiger partial charge in [-0.2, -0.15) is 9.78 Å². The third kappa shape index (κ3) is 6.49. The monoisotopic (exact) mass is 576 g/mol. The fourth-order valence-electron chi connectivity index (χ4n) is 4.84. The van der Waals surface area contributed by atoms with E-state index in [0.29, 0.717) is 54.8 Å². The van der Waals surface area contributed by atoms with Crippen LogP contribution in [0.5, 0.6) is 0 Å². The van der Waals surface area contributed by atoms with E-state index < -0.39 is 17.9 Å². The summed E-state index contributed by atoms with van der Waals surface area (Å²) >= 11 is 0. The van der Waals surface area contributed by atoms with Crippen LogP contribution >= 0.6 is 0 Å². The summed E-state index contributed by atoms with van der Waals surface area (Å²) in [5.74, 6) is -1.76. The highest BCUT2D eigenvalue weighted by atomic mass is 19.3. The number of amides is 1. The van der Waals surface area contributed by atoms with Crippen molar-refractivity contribution >= 4 is 34.6 Å². The van der Waals surface area contributed by atoms with E-state index in [1.54, 1.807) is 36.0 Å². The zero-order valence-electron chi connectivity index (χ0n) is 23.9. The van der Waals surface area contributed by atoms with Crippen molar-refractivity contribution in [2.75, 3.05) is 41.0 Å². The first-order valence-corrected chi connectivity index (χ1v) is 13.7. The standard InChI is InChI=1S/C30H34F2N8O2/c1-18-5-6-22(15-25(18)37-28-11-19(2)38-40(28)27-16-26(33-4)34-17-35-27)36-29(42)20-12-21(30(3,31)32)14-23(13-20)39-9-7-24(41)8-10-39/h5-6,11-17,24,37,41H,7-10H2,1-4H3,(H,36,42)(H,33,34,35). The maximum Gasteiger partial charge on any atom is 0.270 e. The van der Waals surface area contributed by atoms with Crippen LogP contribution in [0.25, 0.3) is 5.82 Å². The van der Waals surface area contributed by atoms with E-state index in [1.165, 1.54) is 18.5 Å². The minimum Gasteiger partial charge on any atom is -0.393 e. The highest BCUT2D eigenvalue weighted by molar-refractivity contribution is 6.05. The quantitative estimate of drug-likeness (QED) is 0.220. The third-order valence-electron chi connectivity index (χ3n) is 7.23. The van der Waals surface area contributed by atoms with Crippen LogP contribution in [0.4, 0.5) is 37.5 Å². The van der Waals surface area contributed by atoms with Crippen LogP contribution < -0.4 is 20.9 Å². The first-order valence-electron chi connectivity index (χ1n) is 13.7. The number of nitrogens with zero attached hydrogens (tertiary/aromatic N) is 5. The van der Waals surface area contributed by atoms with Crippen molar-refractivity contribution in [2.45, 2.75) is 45.6 Å².